The van der Waals surface area contributed by atoms with Crippen LogP contribution in [0, 0.1) is 6.92 Å². The predicted molar refractivity (Wildman–Crippen MR) is 108 cm³/mol. The van der Waals surface area contributed by atoms with E-state index in [0.717, 1.165) is 6.26 Å². The number of amides is 1. The van der Waals surface area contributed by atoms with E-state index in [1.165, 1.54) is 23.5 Å². The zero-order chi connectivity index (χ0) is 21.1. The lowest BCUT2D eigenvalue weighted by Gasteiger charge is -2.06. The number of hydrogen-bond donors (Lipinski definition) is 3. The molecular formula is C17H20ClN3O5S2. The molecule has 4 N–H and O–H groups in total. The first-order valence-corrected chi connectivity index (χ1v) is 11.3. The van der Waals surface area contributed by atoms with Crippen molar-refractivity contribution in [3.05, 3.63) is 28.9 Å². The van der Waals surface area contributed by atoms with Crippen molar-refractivity contribution in [1.29, 1.82) is 0 Å². The summed E-state index contributed by atoms with van der Waals surface area (Å²) in [6, 6.07) is 3.69. The number of hydrogen-bond acceptors (Lipinski definition) is 7. The van der Waals surface area contributed by atoms with Crippen molar-refractivity contribution < 1.29 is 23.1 Å². The summed E-state index contributed by atoms with van der Waals surface area (Å²) >= 11 is 7.19. The van der Waals surface area contributed by atoms with Crippen molar-refractivity contribution >= 4 is 49.8 Å². The number of nitrogens with one attached hydrogen (secondary N) is 1. The van der Waals surface area contributed by atoms with Crippen LogP contribution in [0.3, 0.4) is 0 Å². The number of halogens is 1. The maximum Gasteiger partial charge on any atom is 0.320 e. The molecule has 2 rings (SSSR count). The molecule has 1 aromatic heterocycles. The summed E-state index contributed by atoms with van der Waals surface area (Å²) < 4.78 is 23.7. The Labute approximate surface area is 171 Å². The molecule has 1 atom stereocenters. The first kappa shape index (κ1) is 22.3. The number of carboxylic acid groups (broad SMARTS) is 1. The van der Waals surface area contributed by atoms with E-state index < -0.39 is 21.8 Å². The van der Waals surface area contributed by atoms with Crippen LogP contribution in [0.15, 0.2) is 23.1 Å². The summed E-state index contributed by atoms with van der Waals surface area (Å²) in [4.78, 5) is 27.7. The number of sulfone groups is 1. The first-order chi connectivity index (χ1) is 13.0. The number of carbonyl (C=O) groups excluding carboxylic acids is 1. The van der Waals surface area contributed by atoms with Gasteiger partial charge in [-0.1, -0.05) is 29.0 Å². The zero-order valence-electron chi connectivity index (χ0n) is 15.2. The van der Waals surface area contributed by atoms with Crippen LogP contribution in [0.2, 0.25) is 5.02 Å². The van der Waals surface area contributed by atoms with Crippen LogP contribution in [0.25, 0.3) is 10.4 Å². The number of carboxylic acids is 1. The number of rotatable bonds is 8. The Kier molecular flexibility index (Phi) is 7.16. The minimum absolute atomic E-state index is 0.0276. The van der Waals surface area contributed by atoms with Crippen LogP contribution >= 0.6 is 22.9 Å². The molecule has 0 aliphatic rings. The second-order valence-corrected chi connectivity index (χ2v) is 9.63. The summed E-state index contributed by atoms with van der Waals surface area (Å²) in [5.41, 5.74) is 6.67. The normalized spacial score (nSPS) is 12.6. The highest BCUT2D eigenvalue weighted by Crippen LogP contribution is 2.35. The van der Waals surface area contributed by atoms with Gasteiger partial charge in [-0.25, -0.2) is 13.4 Å². The summed E-state index contributed by atoms with van der Waals surface area (Å²) in [5, 5.41) is 11.9. The van der Waals surface area contributed by atoms with Crippen LogP contribution < -0.4 is 11.1 Å². The van der Waals surface area contributed by atoms with E-state index in [0.29, 0.717) is 27.7 Å². The monoisotopic (exact) mass is 445 g/mol. The van der Waals surface area contributed by atoms with Gasteiger partial charge in [-0.2, -0.15) is 0 Å². The lowest BCUT2D eigenvalue weighted by Crippen LogP contribution is -2.30. The second-order valence-electron chi connectivity index (χ2n) is 6.24. The molecule has 8 nitrogen and oxygen atoms in total. The molecule has 0 unspecified atom stereocenters. The van der Waals surface area contributed by atoms with Crippen LogP contribution in [0.4, 0.5) is 5.13 Å². The summed E-state index contributed by atoms with van der Waals surface area (Å²) in [5.74, 6) is -1.40. The molecule has 0 bridgehead atoms. The van der Waals surface area contributed by atoms with Crippen molar-refractivity contribution in [3.8, 4) is 10.4 Å². The number of aliphatic carboxylic acids is 1. The Morgan fingerprint density at radius 1 is 1.39 bits per heavy atom. The average Bonchev–Trinajstić information content (AvgIpc) is 2.94. The third-order valence-corrected chi connectivity index (χ3v) is 6.57. The highest BCUT2D eigenvalue weighted by molar-refractivity contribution is 7.90. The fourth-order valence-corrected chi connectivity index (χ4v) is 4.71. The van der Waals surface area contributed by atoms with E-state index in [-0.39, 0.29) is 28.7 Å². The van der Waals surface area contributed by atoms with Crippen LogP contribution in [0.5, 0.6) is 0 Å². The molecule has 0 spiro atoms. The van der Waals surface area contributed by atoms with Gasteiger partial charge in [-0.3, -0.25) is 9.59 Å². The van der Waals surface area contributed by atoms with E-state index in [1.807, 2.05) is 0 Å². The van der Waals surface area contributed by atoms with Crippen molar-refractivity contribution in [2.24, 2.45) is 5.73 Å². The standard InChI is InChI=1S/C17H20ClN3O5S2/c1-9-15(10-6-7-11(18)13(8-10)28(2,25)26)27-17(20-9)21-14(22)5-3-4-12(19)16(23)24/h6-8,12H,3-5,19H2,1-2H3,(H,23,24)(H,20,21,22)/t12-/m0/s1. The van der Waals surface area contributed by atoms with Gasteiger partial charge >= 0.3 is 5.97 Å². The summed E-state index contributed by atoms with van der Waals surface area (Å²) in [7, 11) is -3.48. The van der Waals surface area contributed by atoms with Gasteiger partial charge in [0.1, 0.15) is 6.04 Å². The Morgan fingerprint density at radius 3 is 2.68 bits per heavy atom. The Hall–Kier alpha value is -2.01. The van der Waals surface area contributed by atoms with E-state index >= 15 is 0 Å². The third-order valence-electron chi connectivity index (χ3n) is 3.87. The van der Waals surface area contributed by atoms with Crippen LogP contribution in [-0.4, -0.2) is 42.7 Å². The van der Waals surface area contributed by atoms with Gasteiger partial charge in [0.25, 0.3) is 0 Å². The fraction of sp³-hybridized carbons (Fsp3) is 0.353. The third kappa shape index (κ3) is 5.74. The molecule has 152 valence electrons. The smallest absolute Gasteiger partial charge is 0.320 e. The largest absolute Gasteiger partial charge is 0.480 e. The summed E-state index contributed by atoms with van der Waals surface area (Å²) in [6.07, 6.45) is 1.74. The molecule has 0 aliphatic carbocycles. The van der Waals surface area contributed by atoms with E-state index in [1.54, 1.807) is 13.0 Å². The maximum absolute atomic E-state index is 12.0. The topological polar surface area (TPSA) is 139 Å². The van der Waals surface area contributed by atoms with Gasteiger partial charge in [0, 0.05) is 12.7 Å². The van der Waals surface area contributed by atoms with E-state index in [4.69, 9.17) is 22.4 Å². The van der Waals surface area contributed by atoms with Crippen molar-refractivity contribution in [1.82, 2.24) is 4.98 Å². The molecule has 11 heteroatoms. The van der Waals surface area contributed by atoms with Gasteiger partial charge in [0.15, 0.2) is 15.0 Å². The number of aryl methyl sites for hydroxylation is 1. The Balaban J connectivity index is 2.11. The molecule has 28 heavy (non-hydrogen) atoms. The SMILES string of the molecule is Cc1nc(NC(=O)CCC[C@H](N)C(=O)O)sc1-c1ccc(Cl)c(S(C)(=O)=O)c1. The number of nitrogens with two attached hydrogens (primary N) is 1. The van der Waals surface area contributed by atoms with Gasteiger partial charge in [0.05, 0.1) is 20.5 Å². The molecule has 1 aromatic carbocycles. The van der Waals surface area contributed by atoms with Gasteiger partial charge in [-0.05, 0) is 37.5 Å². The quantitative estimate of drug-likeness (QED) is 0.567. The Bertz CT molecular complexity index is 1000. The molecule has 0 saturated heterocycles. The fourth-order valence-electron chi connectivity index (χ4n) is 2.43. The number of nitrogens with zero attached hydrogens (tertiary/aromatic N) is 1. The molecular weight excluding hydrogens is 426 g/mol. The number of benzene rings is 1. The molecule has 2 aromatic rings. The van der Waals surface area contributed by atoms with E-state index in [9.17, 15) is 18.0 Å². The predicted octanol–water partition coefficient (Wildman–Crippen LogP) is 2.70. The van der Waals surface area contributed by atoms with E-state index in [2.05, 4.69) is 10.3 Å². The van der Waals surface area contributed by atoms with Crippen molar-refractivity contribution in [2.75, 3.05) is 11.6 Å². The van der Waals surface area contributed by atoms with Gasteiger partial charge < -0.3 is 16.2 Å². The van der Waals surface area contributed by atoms with Crippen molar-refractivity contribution in [2.45, 2.75) is 37.1 Å². The lowest BCUT2D eigenvalue weighted by atomic mass is 10.1. The van der Waals surface area contributed by atoms with Gasteiger partial charge in [-0.15, -0.1) is 0 Å². The minimum Gasteiger partial charge on any atom is -0.480 e. The minimum atomic E-state index is -3.48. The molecule has 1 heterocycles. The maximum atomic E-state index is 12.0. The second kappa shape index (κ2) is 8.99. The highest BCUT2D eigenvalue weighted by Gasteiger charge is 2.17. The van der Waals surface area contributed by atoms with Crippen LogP contribution in [0.1, 0.15) is 25.0 Å². The number of anilines is 1. The lowest BCUT2D eigenvalue weighted by molar-refractivity contribution is -0.138. The Morgan fingerprint density at radius 2 is 2.07 bits per heavy atom. The molecule has 0 aliphatic heterocycles. The molecule has 0 saturated carbocycles. The number of thiazole rings is 1. The first-order valence-electron chi connectivity index (χ1n) is 8.24. The van der Waals surface area contributed by atoms with Crippen molar-refractivity contribution in [3.63, 3.8) is 0 Å². The molecule has 1 amide bonds. The van der Waals surface area contributed by atoms with Gasteiger partial charge in [0.2, 0.25) is 5.91 Å². The van der Waals surface area contributed by atoms with Crippen LogP contribution in [-0.2, 0) is 19.4 Å². The molecule has 0 fully saturated rings. The molecule has 0 radical (unpaired) electrons. The average molecular weight is 446 g/mol. The zero-order valence-corrected chi connectivity index (χ0v) is 17.6. The number of carbonyl (C=O) groups is 2. The number of aromatic nitrogens is 1. The highest BCUT2D eigenvalue weighted by atomic mass is 35.5. The summed E-state index contributed by atoms with van der Waals surface area (Å²) in [6.45, 7) is 1.75.